The number of allylic oxidation sites excluding steroid dienone is 5. The lowest BCUT2D eigenvalue weighted by atomic mass is 9.85. The minimum absolute atomic E-state index is 0.0835. The molecule has 0 aromatic heterocycles. The van der Waals surface area contributed by atoms with Crippen molar-refractivity contribution in [2.24, 2.45) is 17.6 Å². The zero-order valence-corrected chi connectivity index (χ0v) is 24.4. The molecule has 1 aliphatic carbocycles. The molecule has 1 atom stereocenters. The molecule has 3 fully saturated rings. The van der Waals surface area contributed by atoms with Gasteiger partial charge in [0, 0.05) is 74.2 Å². The number of hydrogen-bond donors (Lipinski definition) is 1. The van der Waals surface area contributed by atoms with Crippen molar-refractivity contribution in [2.45, 2.75) is 77.1 Å². The van der Waals surface area contributed by atoms with Crippen LogP contribution in [0.25, 0.3) is 0 Å². The Balaban J connectivity index is 1.44. The van der Waals surface area contributed by atoms with Gasteiger partial charge < -0.3 is 20.4 Å². The van der Waals surface area contributed by atoms with Crippen molar-refractivity contribution in [3.8, 4) is 0 Å². The number of alkyl halides is 3. The van der Waals surface area contributed by atoms with Crippen molar-refractivity contribution in [2.75, 3.05) is 46.3 Å². The van der Waals surface area contributed by atoms with Crippen LogP contribution in [0.15, 0.2) is 59.7 Å². The maximum absolute atomic E-state index is 13.7. The quantitative estimate of drug-likeness (QED) is 0.451. The second-order valence-corrected chi connectivity index (χ2v) is 12.8. The SMILES string of the molecule is C=C(C1CCN(C(C)(C)C)C1)N1CCC(C2=CC=C(C(F)(F)F)CC=C2N2CCC(N(C)C(=C)N)CC2)CC1. The molecule has 2 N–H and O–H groups in total. The predicted octanol–water partition coefficient (Wildman–Crippen LogP) is 5.86. The molecule has 0 amide bonds. The summed E-state index contributed by atoms with van der Waals surface area (Å²) in [6.07, 6.45) is 5.34. The van der Waals surface area contributed by atoms with Crippen LogP contribution in [0, 0.1) is 11.8 Å². The van der Waals surface area contributed by atoms with Gasteiger partial charge in [-0.05, 0) is 77.3 Å². The van der Waals surface area contributed by atoms with Gasteiger partial charge in [-0.3, -0.25) is 4.90 Å². The Hall–Kier alpha value is -2.35. The molecule has 0 saturated carbocycles. The molecular weight excluding hydrogens is 499 g/mol. The molecule has 0 aromatic rings. The normalized spacial score (nSPS) is 24.7. The van der Waals surface area contributed by atoms with E-state index in [0.717, 1.165) is 82.6 Å². The third kappa shape index (κ3) is 6.87. The van der Waals surface area contributed by atoms with Gasteiger partial charge in [0.1, 0.15) is 0 Å². The lowest BCUT2D eigenvalue weighted by Gasteiger charge is -2.42. The highest BCUT2D eigenvalue weighted by Gasteiger charge is 2.37. The van der Waals surface area contributed by atoms with Gasteiger partial charge in [0.15, 0.2) is 0 Å². The maximum Gasteiger partial charge on any atom is 0.412 e. The number of hydrogen-bond acceptors (Lipinski definition) is 5. The Labute approximate surface area is 233 Å². The number of piperidine rings is 2. The topological polar surface area (TPSA) is 39.0 Å². The molecule has 1 unspecified atom stereocenters. The van der Waals surface area contributed by atoms with Crippen LogP contribution in [0.2, 0.25) is 0 Å². The van der Waals surface area contributed by atoms with Crippen LogP contribution < -0.4 is 5.73 Å². The van der Waals surface area contributed by atoms with Gasteiger partial charge in [0.2, 0.25) is 0 Å². The molecule has 218 valence electrons. The van der Waals surface area contributed by atoms with Crippen LogP contribution in [-0.4, -0.2) is 83.7 Å². The molecular formula is C31H48F3N5. The molecule has 0 radical (unpaired) electrons. The Morgan fingerprint density at radius 3 is 2.13 bits per heavy atom. The zero-order valence-electron chi connectivity index (χ0n) is 24.4. The number of likely N-dealkylation sites (tertiary alicyclic amines) is 3. The predicted molar refractivity (Wildman–Crippen MR) is 153 cm³/mol. The second kappa shape index (κ2) is 11.6. The highest BCUT2D eigenvalue weighted by Crippen LogP contribution is 2.39. The Morgan fingerprint density at radius 1 is 0.949 bits per heavy atom. The van der Waals surface area contributed by atoms with Gasteiger partial charge in [-0.25, -0.2) is 0 Å². The summed E-state index contributed by atoms with van der Waals surface area (Å²) < 4.78 is 41.0. The maximum atomic E-state index is 13.7. The van der Waals surface area contributed by atoms with Gasteiger partial charge in [-0.15, -0.1) is 0 Å². The van der Waals surface area contributed by atoms with Crippen LogP contribution in [0.4, 0.5) is 13.2 Å². The first-order chi connectivity index (χ1) is 18.3. The Bertz CT molecular complexity index is 1000. The highest BCUT2D eigenvalue weighted by molar-refractivity contribution is 5.41. The summed E-state index contributed by atoms with van der Waals surface area (Å²) >= 11 is 0. The number of halogens is 3. The molecule has 0 spiro atoms. The summed E-state index contributed by atoms with van der Waals surface area (Å²) in [7, 11) is 1.96. The fourth-order valence-electron chi connectivity index (χ4n) is 6.64. The van der Waals surface area contributed by atoms with Crippen molar-refractivity contribution >= 4 is 0 Å². The van der Waals surface area contributed by atoms with E-state index in [0.29, 0.717) is 17.8 Å². The van der Waals surface area contributed by atoms with Crippen molar-refractivity contribution in [3.05, 3.63) is 59.7 Å². The van der Waals surface area contributed by atoms with E-state index in [1.54, 1.807) is 6.08 Å². The van der Waals surface area contributed by atoms with E-state index in [-0.39, 0.29) is 17.9 Å². The summed E-state index contributed by atoms with van der Waals surface area (Å²) in [6.45, 7) is 20.7. The average molecular weight is 548 g/mol. The largest absolute Gasteiger partial charge is 0.412 e. The fourth-order valence-corrected chi connectivity index (χ4v) is 6.64. The van der Waals surface area contributed by atoms with Gasteiger partial charge in [-0.2, -0.15) is 13.2 Å². The lowest BCUT2D eigenvalue weighted by Crippen LogP contribution is -2.44. The highest BCUT2D eigenvalue weighted by atomic mass is 19.4. The molecule has 5 nitrogen and oxygen atoms in total. The van der Waals surface area contributed by atoms with E-state index in [1.807, 2.05) is 18.0 Å². The van der Waals surface area contributed by atoms with Crippen LogP contribution in [0.1, 0.15) is 59.3 Å². The molecule has 0 bridgehead atoms. The summed E-state index contributed by atoms with van der Waals surface area (Å²) in [5.41, 5.74) is 8.90. The molecule has 39 heavy (non-hydrogen) atoms. The summed E-state index contributed by atoms with van der Waals surface area (Å²) in [4.78, 5) is 9.30. The molecule has 0 aromatic carbocycles. The molecule has 4 rings (SSSR count). The van der Waals surface area contributed by atoms with E-state index in [4.69, 9.17) is 5.73 Å². The number of nitrogens with zero attached hydrogens (tertiary/aromatic N) is 4. The first-order valence-electron chi connectivity index (χ1n) is 14.5. The number of rotatable bonds is 6. The van der Waals surface area contributed by atoms with Crippen LogP contribution in [0.5, 0.6) is 0 Å². The minimum atomic E-state index is -4.31. The van der Waals surface area contributed by atoms with Crippen LogP contribution in [0.3, 0.4) is 0 Å². The zero-order chi connectivity index (χ0) is 28.5. The van der Waals surface area contributed by atoms with Crippen LogP contribution >= 0.6 is 0 Å². The number of nitrogens with two attached hydrogens (primary N) is 1. The first kappa shape index (κ1) is 29.6. The Kier molecular flexibility index (Phi) is 8.84. The average Bonchev–Trinajstić information content (AvgIpc) is 3.28. The van der Waals surface area contributed by atoms with Crippen LogP contribution in [-0.2, 0) is 0 Å². The summed E-state index contributed by atoms with van der Waals surface area (Å²) in [5.74, 6) is 1.27. The second-order valence-electron chi connectivity index (χ2n) is 12.8. The first-order valence-corrected chi connectivity index (χ1v) is 14.5. The summed E-state index contributed by atoms with van der Waals surface area (Å²) in [6, 6.07) is 0.306. The van der Waals surface area contributed by atoms with Gasteiger partial charge in [-0.1, -0.05) is 31.4 Å². The minimum Gasteiger partial charge on any atom is -0.386 e. The fraction of sp³-hybridized carbons (Fsp3) is 0.677. The molecule has 4 aliphatic rings. The smallest absolute Gasteiger partial charge is 0.386 e. The van der Waals surface area contributed by atoms with Gasteiger partial charge in [0.05, 0.1) is 5.82 Å². The van der Waals surface area contributed by atoms with Crippen molar-refractivity contribution in [1.82, 2.24) is 19.6 Å². The third-order valence-corrected chi connectivity index (χ3v) is 9.39. The summed E-state index contributed by atoms with van der Waals surface area (Å²) in [5, 5.41) is 0. The third-order valence-electron chi connectivity index (χ3n) is 9.39. The van der Waals surface area contributed by atoms with Gasteiger partial charge in [0.25, 0.3) is 0 Å². The van der Waals surface area contributed by atoms with E-state index in [9.17, 15) is 13.2 Å². The van der Waals surface area contributed by atoms with E-state index in [1.165, 1.54) is 11.8 Å². The Morgan fingerprint density at radius 2 is 1.59 bits per heavy atom. The van der Waals surface area contributed by atoms with E-state index in [2.05, 4.69) is 48.6 Å². The van der Waals surface area contributed by atoms with Crippen molar-refractivity contribution in [3.63, 3.8) is 0 Å². The lowest BCUT2D eigenvalue weighted by molar-refractivity contribution is -0.0928. The van der Waals surface area contributed by atoms with Gasteiger partial charge >= 0.3 is 6.18 Å². The standard InChI is InChI=1S/C31H48F3N5/c1-22(25-13-20-39(21-25)30(3,4)5)37-16-11-24(12-17-37)28-9-7-26(31(32,33)34)8-10-29(28)38-18-14-27(15-19-38)36(6)23(2)35/h7,9-10,24-25,27H,1-2,8,11-21,35H2,3-6H3. The van der Waals surface area contributed by atoms with E-state index < -0.39 is 11.7 Å². The monoisotopic (exact) mass is 547 g/mol. The molecule has 3 aliphatic heterocycles. The molecule has 8 heteroatoms. The molecule has 3 saturated heterocycles. The van der Waals surface area contributed by atoms with Crippen molar-refractivity contribution < 1.29 is 13.2 Å². The van der Waals surface area contributed by atoms with Crippen molar-refractivity contribution in [1.29, 1.82) is 0 Å². The van der Waals surface area contributed by atoms with E-state index >= 15 is 0 Å². The molecule has 3 heterocycles.